The average molecular weight is 381 g/mol. The number of pyridine rings is 1. The molecule has 0 unspecified atom stereocenters. The van der Waals surface area contributed by atoms with Gasteiger partial charge in [-0.25, -0.2) is 0 Å². The summed E-state index contributed by atoms with van der Waals surface area (Å²) in [5.41, 5.74) is 2.83. The van der Waals surface area contributed by atoms with Gasteiger partial charge in [-0.05, 0) is 69.0 Å². The fourth-order valence-corrected chi connectivity index (χ4v) is 4.04. The summed E-state index contributed by atoms with van der Waals surface area (Å²) in [4.78, 5) is 6.94. The van der Waals surface area contributed by atoms with Gasteiger partial charge in [-0.15, -0.1) is 0 Å². The molecule has 0 aliphatic carbocycles. The molecule has 3 heterocycles. The van der Waals surface area contributed by atoms with E-state index in [0.717, 1.165) is 55.2 Å². The Balaban J connectivity index is 1.33. The molecule has 3 aromatic rings. The van der Waals surface area contributed by atoms with Gasteiger partial charge in [-0.2, -0.15) is 0 Å². The van der Waals surface area contributed by atoms with Crippen molar-refractivity contribution in [2.45, 2.75) is 32.2 Å². The second-order valence-corrected chi connectivity index (χ2v) is 7.39. The highest BCUT2D eigenvalue weighted by atomic mass is 16.5. The number of hydrogen-bond donors (Lipinski definition) is 0. The molecule has 1 saturated heterocycles. The monoisotopic (exact) mass is 381 g/mol. The lowest BCUT2D eigenvalue weighted by Crippen LogP contribution is -2.33. The first-order valence-corrected chi connectivity index (χ1v) is 9.90. The summed E-state index contributed by atoms with van der Waals surface area (Å²) in [6, 6.07) is 10.1. The van der Waals surface area contributed by atoms with Gasteiger partial charge in [0.05, 0.1) is 25.6 Å². The second kappa shape index (κ2) is 8.61. The third-order valence-electron chi connectivity index (χ3n) is 5.67. The Hall–Kier alpha value is -2.60. The molecular weight excluding hydrogens is 354 g/mol. The van der Waals surface area contributed by atoms with E-state index in [1.807, 2.05) is 24.4 Å². The molecule has 6 heteroatoms. The molecule has 6 nitrogen and oxygen atoms in total. The summed E-state index contributed by atoms with van der Waals surface area (Å²) < 4.78 is 16.4. The molecule has 0 saturated carbocycles. The Morgan fingerprint density at radius 2 is 1.96 bits per heavy atom. The van der Waals surface area contributed by atoms with E-state index < -0.39 is 0 Å². The van der Waals surface area contributed by atoms with Crippen molar-refractivity contribution in [3.63, 3.8) is 0 Å². The zero-order valence-electron chi connectivity index (χ0n) is 16.6. The Morgan fingerprint density at radius 1 is 1.11 bits per heavy atom. The van der Waals surface area contributed by atoms with Crippen LogP contribution in [0.3, 0.4) is 0 Å². The highest BCUT2D eigenvalue weighted by Crippen LogP contribution is 2.37. The maximum Gasteiger partial charge on any atom is 0.212 e. The maximum atomic E-state index is 5.57. The third-order valence-corrected chi connectivity index (χ3v) is 5.67. The number of rotatable bonds is 7. The first kappa shape index (κ1) is 18.7. The Labute approximate surface area is 165 Å². The van der Waals surface area contributed by atoms with E-state index in [0.29, 0.717) is 17.1 Å². The van der Waals surface area contributed by atoms with Crippen molar-refractivity contribution in [1.82, 2.24) is 15.0 Å². The van der Waals surface area contributed by atoms with Crippen LogP contribution in [0, 0.1) is 5.92 Å². The molecule has 0 spiro atoms. The number of hydrogen-bond acceptors (Lipinski definition) is 6. The van der Waals surface area contributed by atoms with Gasteiger partial charge in [-0.3, -0.25) is 9.88 Å². The van der Waals surface area contributed by atoms with Crippen LogP contribution in [-0.2, 0) is 13.0 Å². The largest absolute Gasteiger partial charge is 0.493 e. The van der Waals surface area contributed by atoms with E-state index in [4.69, 9.17) is 14.0 Å². The number of fused-ring (bicyclic) bond motifs is 1. The van der Waals surface area contributed by atoms with Crippen LogP contribution in [0.25, 0.3) is 11.0 Å². The number of aromatic nitrogens is 2. The molecule has 0 N–H and O–H groups in total. The van der Waals surface area contributed by atoms with Crippen molar-refractivity contribution in [3.8, 4) is 11.5 Å². The molecule has 1 aliphatic heterocycles. The summed E-state index contributed by atoms with van der Waals surface area (Å²) in [6.07, 6.45) is 6.37. The van der Waals surface area contributed by atoms with E-state index >= 15 is 0 Å². The second-order valence-electron chi connectivity index (χ2n) is 7.39. The maximum absolute atomic E-state index is 5.57. The summed E-state index contributed by atoms with van der Waals surface area (Å²) in [6.45, 7) is 3.21. The highest BCUT2D eigenvalue weighted by molar-refractivity contribution is 5.87. The molecule has 28 heavy (non-hydrogen) atoms. The van der Waals surface area contributed by atoms with E-state index in [2.05, 4.69) is 27.2 Å². The smallest absolute Gasteiger partial charge is 0.212 e. The summed E-state index contributed by atoms with van der Waals surface area (Å²) in [7, 11) is 3.25. The Kier molecular flexibility index (Phi) is 5.76. The predicted molar refractivity (Wildman–Crippen MR) is 108 cm³/mol. The number of nitrogens with zero attached hydrogens (tertiary/aromatic N) is 3. The van der Waals surface area contributed by atoms with Crippen LogP contribution in [0.15, 0.2) is 41.1 Å². The normalized spacial score (nSPS) is 15.8. The number of ether oxygens (including phenoxy) is 2. The van der Waals surface area contributed by atoms with Crippen molar-refractivity contribution in [3.05, 3.63) is 47.9 Å². The van der Waals surface area contributed by atoms with Crippen LogP contribution in [0.1, 0.15) is 30.7 Å². The van der Waals surface area contributed by atoms with Crippen LogP contribution in [0.5, 0.6) is 11.5 Å². The minimum Gasteiger partial charge on any atom is -0.493 e. The van der Waals surface area contributed by atoms with Crippen LogP contribution in [-0.4, -0.2) is 42.3 Å². The third kappa shape index (κ3) is 3.97. The summed E-state index contributed by atoms with van der Waals surface area (Å²) in [5.74, 6) is 2.01. The van der Waals surface area contributed by atoms with E-state index in [1.165, 1.54) is 12.8 Å². The quantitative estimate of drug-likeness (QED) is 0.614. The van der Waals surface area contributed by atoms with Gasteiger partial charge >= 0.3 is 0 Å². The number of piperidine rings is 1. The lowest BCUT2D eigenvalue weighted by molar-refractivity contribution is 0.170. The van der Waals surface area contributed by atoms with Gasteiger partial charge in [0.25, 0.3) is 0 Å². The van der Waals surface area contributed by atoms with Crippen molar-refractivity contribution in [2.75, 3.05) is 27.3 Å². The fraction of sp³-hybridized carbons (Fsp3) is 0.455. The molecular formula is C22H27N3O3. The lowest BCUT2D eigenvalue weighted by Gasteiger charge is -2.31. The van der Waals surface area contributed by atoms with Crippen LogP contribution in [0.2, 0.25) is 0 Å². The van der Waals surface area contributed by atoms with E-state index in [9.17, 15) is 0 Å². The van der Waals surface area contributed by atoms with Gasteiger partial charge in [0.2, 0.25) is 11.3 Å². The van der Waals surface area contributed by atoms with Crippen molar-refractivity contribution in [2.24, 2.45) is 5.92 Å². The zero-order chi connectivity index (χ0) is 19.3. The Bertz CT molecular complexity index is 902. The van der Waals surface area contributed by atoms with Gasteiger partial charge in [-0.1, -0.05) is 11.2 Å². The number of methoxy groups -OCH3 is 2. The average Bonchev–Trinajstić information content (AvgIpc) is 3.16. The molecule has 148 valence electrons. The lowest BCUT2D eigenvalue weighted by atomic mass is 9.91. The summed E-state index contributed by atoms with van der Waals surface area (Å²) >= 11 is 0. The molecule has 4 rings (SSSR count). The predicted octanol–water partition coefficient (Wildman–Crippen LogP) is 4.08. The number of likely N-dealkylation sites (tertiary alicyclic amines) is 1. The minimum atomic E-state index is 0.613. The standard InChI is InChI=1S/C22H27N3O3/c1-26-20-9-7-18-19(24-28-21(18)22(20)27-2)8-6-16-10-13-25(14-11-16)15-17-5-3-4-12-23-17/h3-5,7,9,12,16H,6,8,10-11,13-15H2,1-2H3. The molecule has 0 radical (unpaired) electrons. The summed E-state index contributed by atoms with van der Waals surface area (Å²) in [5, 5.41) is 5.32. The first-order chi connectivity index (χ1) is 13.8. The van der Waals surface area contributed by atoms with Crippen molar-refractivity contribution < 1.29 is 14.0 Å². The van der Waals surface area contributed by atoms with E-state index in [1.54, 1.807) is 14.2 Å². The highest BCUT2D eigenvalue weighted by Gasteiger charge is 2.22. The van der Waals surface area contributed by atoms with Crippen LogP contribution >= 0.6 is 0 Å². The number of aryl methyl sites for hydroxylation is 1. The fourth-order valence-electron chi connectivity index (χ4n) is 4.04. The molecule has 2 aromatic heterocycles. The molecule has 0 bridgehead atoms. The molecule has 1 aromatic carbocycles. The van der Waals surface area contributed by atoms with Gasteiger partial charge in [0.15, 0.2) is 5.75 Å². The minimum absolute atomic E-state index is 0.613. The SMILES string of the molecule is COc1ccc2c(CCC3CCN(Cc4ccccn4)CC3)noc2c1OC. The van der Waals surface area contributed by atoms with Crippen molar-refractivity contribution in [1.29, 1.82) is 0 Å². The van der Waals surface area contributed by atoms with Gasteiger partial charge in [0.1, 0.15) is 0 Å². The van der Waals surface area contributed by atoms with E-state index in [-0.39, 0.29) is 0 Å². The zero-order valence-corrected chi connectivity index (χ0v) is 16.6. The first-order valence-electron chi connectivity index (χ1n) is 9.90. The van der Waals surface area contributed by atoms with Crippen molar-refractivity contribution >= 4 is 11.0 Å². The molecule has 1 fully saturated rings. The van der Waals surface area contributed by atoms with Gasteiger partial charge < -0.3 is 14.0 Å². The topological polar surface area (TPSA) is 60.6 Å². The van der Waals surface area contributed by atoms with Crippen LogP contribution < -0.4 is 9.47 Å². The number of benzene rings is 1. The molecule has 1 aliphatic rings. The van der Waals surface area contributed by atoms with Crippen LogP contribution in [0.4, 0.5) is 0 Å². The molecule has 0 amide bonds. The van der Waals surface area contributed by atoms with Gasteiger partial charge in [0, 0.05) is 18.1 Å². The Morgan fingerprint density at radius 3 is 2.68 bits per heavy atom. The molecule has 0 atom stereocenters.